The summed E-state index contributed by atoms with van der Waals surface area (Å²) in [5.41, 5.74) is 0. The summed E-state index contributed by atoms with van der Waals surface area (Å²) >= 11 is 0. The van der Waals surface area contributed by atoms with Gasteiger partial charge in [0.15, 0.2) is 5.96 Å². The smallest absolute Gasteiger partial charge is 0.191 e. The Morgan fingerprint density at radius 1 is 1.24 bits per heavy atom. The van der Waals surface area contributed by atoms with E-state index in [1.54, 1.807) is 7.11 Å². The van der Waals surface area contributed by atoms with Gasteiger partial charge in [-0.1, -0.05) is 13.8 Å². The zero-order valence-corrected chi connectivity index (χ0v) is 16.4. The van der Waals surface area contributed by atoms with E-state index in [0.717, 1.165) is 25.6 Å². The van der Waals surface area contributed by atoms with Crippen LogP contribution in [0.25, 0.3) is 0 Å². The number of likely N-dealkylation sites (tertiary alicyclic amines) is 1. The minimum atomic E-state index is 0. The first-order valence-electron chi connectivity index (χ1n) is 7.94. The van der Waals surface area contributed by atoms with Crippen LogP contribution in [-0.2, 0) is 4.74 Å². The molecule has 0 spiro atoms. The Kier molecular flexibility index (Phi) is 12.4. The summed E-state index contributed by atoms with van der Waals surface area (Å²) in [5, 5.41) is 6.59. The van der Waals surface area contributed by atoms with E-state index in [9.17, 15) is 0 Å². The summed E-state index contributed by atoms with van der Waals surface area (Å²) in [6, 6.07) is 0.551. The molecule has 0 amide bonds. The van der Waals surface area contributed by atoms with Gasteiger partial charge in [0.05, 0.1) is 13.2 Å². The second kappa shape index (κ2) is 12.5. The normalized spacial score (nSPS) is 17.7. The summed E-state index contributed by atoms with van der Waals surface area (Å²) in [7, 11) is 1.72. The van der Waals surface area contributed by atoms with Crippen LogP contribution in [0.2, 0.25) is 0 Å². The van der Waals surface area contributed by atoms with Crippen LogP contribution in [-0.4, -0.2) is 63.3 Å². The molecule has 1 saturated heterocycles. The number of nitrogens with one attached hydrogen (secondary N) is 2. The molecule has 1 fully saturated rings. The van der Waals surface area contributed by atoms with Crippen molar-refractivity contribution in [1.29, 1.82) is 0 Å². The minimum Gasteiger partial charge on any atom is -0.383 e. The van der Waals surface area contributed by atoms with Crippen LogP contribution in [0.15, 0.2) is 4.99 Å². The monoisotopic (exact) mass is 412 g/mol. The maximum Gasteiger partial charge on any atom is 0.191 e. The molecule has 2 N–H and O–H groups in total. The average molecular weight is 412 g/mol. The van der Waals surface area contributed by atoms with E-state index in [1.807, 2.05) is 0 Å². The van der Waals surface area contributed by atoms with Crippen molar-refractivity contribution < 1.29 is 4.74 Å². The Bertz CT molecular complexity index is 281. The largest absolute Gasteiger partial charge is 0.383 e. The molecule has 5 nitrogen and oxygen atoms in total. The summed E-state index contributed by atoms with van der Waals surface area (Å²) in [5.74, 6) is 1.54. The van der Waals surface area contributed by atoms with Crippen LogP contribution in [0, 0.1) is 5.92 Å². The third-order valence-corrected chi connectivity index (χ3v) is 3.76. The average Bonchev–Trinajstić information content (AvgIpc) is 2.92. The van der Waals surface area contributed by atoms with Crippen molar-refractivity contribution in [3.63, 3.8) is 0 Å². The third-order valence-electron chi connectivity index (χ3n) is 3.76. The number of guanidine groups is 1. The van der Waals surface area contributed by atoms with Gasteiger partial charge in [-0.05, 0) is 38.8 Å². The number of ether oxygens (including phenoxy) is 1. The Labute approximate surface area is 147 Å². The maximum absolute atomic E-state index is 5.06. The number of nitrogens with zero attached hydrogens (tertiary/aromatic N) is 2. The molecule has 1 unspecified atom stereocenters. The highest BCUT2D eigenvalue weighted by atomic mass is 127. The number of hydrogen-bond donors (Lipinski definition) is 2. The van der Waals surface area contributed by atoms with Gasteiger partial charge in [-0.25, -0.2) is 0 Å². The highest BCUT2D eigenvalue weighted by Gasteiger charge is 2.24. The molecule has 1 aliphatic heterocycles. The van der Waals surface area contributed by atoms with E-state index < -0.39 is 0 Å². The van der Waals surface area contributed by atoms with E-state index >= 15 is 0 Å². The Morgan fingerprint density at radius 3 is 2.43 bits per heavy atom. The second-order valence-electron chi connectivity index (χ2n) is 5.69. The van der Waals surface area contributed by atoms with Gasteiger partial charge in [0, 0.05) is 26.2 Å². The van der Waals surface area contributed by atoms with Gasteiger partial charge in [-0.3, -0.25) is 9.89 Å². The highest BCUT2D eigenvalue weighted by molar-refractivity contribution is 14.0. The minimum absolute atomic E-state index is 0. The lowest BCUT2D eigenvalue weighted by atomic mass is 10.0. The third kappa shape index (κ3) is 8.21. The lowest BCUT2D eigenvalue weighted by Gasteiger charge is -2.29. The number of halogens is 1. The first-order chi connectivity index (χ1) is 9.69. The van der Waals surface area contributed by atoms with Crippen LogP contribution < -0.4 is 10.6 Å². The predicted molar refractivity (Wildman–Crippen MR) is 101 cm³/mol. The van der Waals surface area contributed by atoms with Crippen molar-refractivity contribution in [3.05, 3.63) is 0 Å². The van der Waals surface area contributed by atoms with Gasteiger partial charge in [-0.15, -0.1) is 24.0 Å². The zero-order chi connectivity index (χ0) is 14.8. The SMILES string of the molecule is CCNC(=NCC(C(C)C)N1CCCC1)NCCOC.I. The molecule has 0 radical (unpaired) electrons. The summed E-state index contributed by atoms with van der Waals surface area (Å²) in [6.07, 6.45) is 2.66. The van der Waals surface area contributed by atoms with Crippen molar-refractivity contribution in [2.75, 3.05) is 46.4 Å². The van der Waals surface area contributed by atoms with Crippen LogP contribution in [0.4, 0.5) is 0 Å². The Morgan fingerprint density at radius 2 is 1.90 bits per heavy atom. The number of rotatable bonds is 8. The van der Waals surface area contributed by atoms with Crippen molar-refractivity contribution >= 4 is 29.9 Å². The number of methoxy groups -OCH3 is 1. The van der Waals surface area contributed by atoms with E-state index in [-0.39, 0.29) is 24.0 Å². The quantitative estimate of drug-likeness (QED) is 0.277. The molecular formula is C15H33IN4O. The van der Waals surface area contributed by atoms with Crippen molar-refractivity contribution in [2.45, 2.75) is 39.7 Å². The fourth-order valence-electron chi connectivity index (χ4n) is 2.62. The van der Waals surface area contributed by atoms with Crippen LogP contribution in [0.3, 0.4) is 0 Å². The zero-order valence-electron chi connectivity index (χ0n) is 14.0. The summed E-state index contributed by atoms with van der Waals surface area (Å²) < 4.78 is 5.06. The molecule has 126 valence electrons. The van der Waals surface area contributed by atoms with Crippen LogP contribution >= 0.6 is 24.0 Å². The molecule has 1 rings (SSSR count). The molecule has 1 aliphatic rings. The topological polar surface area (TPSA) is 48.9 Å². The van der Waals surface area contributed by atoms with Gasteiger partial charge < -0.3 is 15.4 Å². The molecule has 0 aromatic heterocycles. The Balaban J connectivity index is 0.00000400. The van der Waals surface area contributed by atoms with E-state index in [0.29, 0.717) is 18.6 Å². The van der Waals surface area contributed by atoms with E-state index in [1.165, 1.54) is 25.9 Å². The molecule has 6 heteroatoms. The van der Waals surface area contributed by atoms with Gasteiger partial charge in [-0.2, -0.15) is 0 Å². The van der Waals surface area contributed by atoms with Crippen LogP contribution in [0.1, 0.15) is 33.6 Å². The van der Waals surface area contributed by atoms with Crippen molar-refractivity contribution in [2.24, 2.45) is 10.9 Å². The fourth-order valence-corrected chi connectivity index (χ4v) is 2.62. The maximum atomic E-state index is 5.06. The first kappa shape index (κ1) is 20.9. The molecule has 21 heavy (non-hydrogen) atoms. The van der Waals surface area contributed by atoms with Crippen molar-refractivity contribution in [3.8, 4) is 0 Å². The van der Waals surface area contributed by atoms with E-state index in [2.05, 4.69) is 36.3 Å². The predicted octanol–water partition coefficient (Wildman–Crippen LogP) is 1.93. The lowest BCUT2D eigenvalue weighted by molar-refractivity contribution is 0.197. The Hall–Kier alpha value is -0.0800. The van der Waals surface area contributed by atoms with Gasteiger partial charge in [0.25, 0.3) is 0 Å². The van der Waals surface area contributed by atoms with E-state index in [4.69, 9.17) is 9.73 Å². The lowest BCUT2D eigenvalue weighted by Crippen LogP contribution is -2.42. The second-order valence-corrected chi connectivity index (χ2v) is 5.69. The fraction of sp³-hybridized carbons (Fsp3) is 0.933. The molecule has 1 heterocycles. The molecule has 0 bridgehead atoms. The standard InChI is InChI=1S/C15H32N4O.HI/c1-5-16-15(17-8-11-20-4)18-12-14(13(2)3)19-9-6-7-10-19;/h13-14H,5-12H2,1-4H3,(H2,16,17,18);1H. The molecule has 0 aromatic carbocycles. The summed E-state index contributed by atoms with van der Waals surface area (Å²) in [4.78, 5) is 7.34. The number of aliphatic imine (C=N–C) groups is 1. The first-order valence-corrected chi connectivity index (χ1v) is 7.94. The highest BCUT2D eigenvalue weighted by Crippen LogP contribution is 2.17. The molecule has 0 aromatic rings. The van der Waals surface area contributed by atoms with Crippen LogP contribution in [0.5, 0.6) is 0 Å². The van der Waals surface area contributed by atoms with Gasteiger partial charge in [0.1, 0.15) is 0 Å². The van der Waals surface area contributed by atoms with Gasteiger partial charge in [0.2, 0.25) is 0 Å². The molecule has 1 atom stereocenters. The molecular weight excluding hydrogens is 379 g/mol. The van der Waals surface area contributed by atoms with Gasteiger partial charge >= 0.3 is 0 Å². The number of hydrogen-bond acceptors (Lipinski definition) is 3. The molecule has 0 aliphatic carbocycles. The van der Waals surface area contributed by atoms with Crippen molar-refractivity contribution in [1.82, 2.24) is 15.5 Å². The molecule has 0 saturated carbocycles. The summed E-state index contributed by atoms with van der Waals surface area (Å²) in [6.45, 7) is 12.4.